The molecule has 1 aliphatic rings. The first kappa shape index (κ1) is 24.1. The monoisotopic (exact) mass is 507 g/mol. The van der Waals surface area contributed by atoms with Crippen molar-refractivity contribution in [3.8, 4) is 0 Å². The first-order chi connectivity index (χ1) is 15.8. The summed E-state index contributed by atoms with van der Waals surface area (Å²) >= 11 is 3.26. The van der Waals surface area contributed by atoms with E-state index in [1.165, 1.54) is 27.8 Å². The van der Waals surface area contributed by atoms with Crippen LogP contribution in [0.1, 0.15) is 18.4 Å². The van der Waals surface area contributed by atoms with E-state index in [9.17, 15) is 17.6 Å². The second-order valence-corrected chi connectivity index (χ2v) is 12.0. The Kier molecular flexibility index (Phi) is 7.37. The Bertz CT molecular complexity index is 1320. The molecule has 2 aromatic carbocycles. The van der Waals surface area contributed by atoms with Crippen LogP contribution in [-0.4, -0.2) is 48.3 Å². The van der Waals surface area contributed by atoms with Crippen LogP contribution in [0.15, 0.2) is 52.4 Å². The largest absolute Gasteiger partial charge is 0.316 e. The fourth-order valence-corrected chi connectivity index (χ4v) is 6.94. The molecule has 0 bridgehead atoms. The average Bonchev–Trinajstić information content (AvgIpc) is 3.13. The molecule has 2 heterocycles. The number of aryl methyl sites for hydroxylation is 2. The van der Waals surface area contributed by atoms with Crippen molar-refractivity contribution < 1.29 is 17.6 Å². The number of aromatic nitrogens is 1. The number of piperidine rings is 1. The van der Waals surface area contributed by atoms with E-state index >= 15 is 0 Å². The van der Waals surface area contributed by atoms with E-state index in [0.717, 1.165) is 40.2 Å². The molecule has 176 valence electrons. The van der Waals surface area contributed by atoms with Crippen molar-refractivity contribution in [2.45, 2.75) is 31.2 Å². The molecule has 6 nitrogen and oxygen atoms in total. The fourth-order valence-electron chi connectivity index (χ4n) is 3.95. The van der Waals surface area contributed by atoms with E-state index < -0.39 is 15.8 Å². The van der Waals surface area contributed by atoms with Crippen LogP contribution in [0.2, 0.25) is 0 Å². The second-order valence-electron chi connectivity index (χ2n) is 8.08. The van der Waals surface area contributed by atoms with Gasteiger partial charge in [-0.1, -0.05) is 17.4 Å². The summed E-state index contributed by atoms with van der Waals surface area (Å²) in [7, 11) is -3.70. The van der Waals surface area contributed by atoms with Gasteiger partial charge in [0.1, 0.15) is 5.82 Å². The Labute approximate surface area is 201 Å². The Hall–Kier alpha value is -2.01. The summed E-state index contributed by atoms with van der Waals surface area (Å²) in [6, 6.07) is 11.1. The zero-order chi connectivity index (χ0) is 23.6. The van der Waals surface area contributed by atoms with Crippen LogP contribution < -0.4 is 4.80 Å². The van der Waals surface area contributed by atoms with Crippen molar-refractivity contribution in [3.63, 3.8) is 0 Å². The Balaban J connectivity index is 1.52. The van der Waals surface area contributed by atoms with Crippen molar-refractivity contribution in [2.75, 3.05) is 25.1 Å². The topological polar surface area (TPSA) is 71.7 Å². The molecule has 1 aliphatic heterocycles. The lowest BCUT2D eigenvalue weighted by molar-refractivity contribution is -0.122. The Morgan fingerprint density at radius 1 is 1.18 bits per heavy atom. The van der Waals surface area contributed by atoms with Gasteiger partial charge in [-0.2, -0.15) is 21.1 Å². The van der Waals surface area contributed by atoms with Crippen molar-refractivity contribution >= 4 is 49.2 Å². The Morgan fingerprint density at radius 2 is 1.88 bits per heavy atom. The van der Waals surface area contributed by atoms with Crippen LogP contribution >= 0.6 is 23.1 Å². The van der Waals surface area contributed by atoms with E-state index in [4.69, 9.17) is 0 Å². The third-order valence-electron chi connectivity index (χ3n) is 5.82. The number of fused-ring (bicyclic) bond motifs is 1. The van der Waals surface area contributed by atoms with Gasteiger partial charge in [0.25, 0.3) is 5.91 Å². The predicted molar refractivity (Wildman–Crippen MR) is 131 cm³/mol. The molecule has 0 spiro atoms. The van der Waals surface area contributed by atoms with Crippen molar-refractivity contribution in [2.24, 2.45) is 10.9 Å². The number of hydrogen-bond donors (Lipinski definition) is 0. The molecule has 3 aromatic rings. The van der Waals surface area contributed by atoms with Crippen LogP contribution in [0, 0.1) is 18.7 Å². The third kappa shape index (κ3) is 5.24. The molecule has 1 aromatic heterocycles. The van der Waals surface area contributed by atoms with E-state index in [1.807, 2.05) is 6.92 Å². The zero-order valence-electron chi connectivity index (χ0n) is 18.5. The van der Waals surface area contributed by atoms with Gasteiger partial charge in [-0.15, -0.1) is 0 Å². The quantitative estimate of drug-likeness (QED) is 0.505. The molecular weight excluding hydrogens is 481 g/mol. The highest BCUT2D eigenvalue weighted by Gasteiger charge is 2.32. The lowest BCUT2D eigenvalue weighted by Gasteiger charge is -2.29. The number of carbonyl (C=O) groups excluding carboxylic acids is 1. The van der Waals surface area contributed by atoms with Crippen LogP contribution in [0.25, 0.3) is 10.2 Å². The Morgan fingerprint density at radius 3 is 2.55 bits per heavy atom. The van der Waals surface area contributed by atoms with Gasteiger partial charge in [-0.25, -0.2) is 12.8 Å². The number of hydrogen-bond acceptors (Lipinski definition) is 5. The highest BCUT2D eigenvalue weighted by Crippen LogP contribution is 2.25. The van der Waals surface area contributed by atoms with E-state index in [1.54, 1.807) is 11.8 Å². The van der Waals surface area contributed by atoms with Gasteiger partial charge in [0.2, 0.25) is 10.0 Å². The van der Waals surface area contributed by atoms with Crippen molar-refractivity contribution in [1.82, 2.24) is 8.87 Å². The fraction of sp³-hybridized carbons (Fsp3) is 0.391. The number of nitrogens with zero attached hydrogens (tertiary/aromatic N) is 3. The highest BCUT2D eigenvalue weighted by molar-refractivity contribution is 7.98. The van der Waals surface area contributed by atoms with Gasteiger partial charge in [-0.3, -0.25) is 4.79 Å². The third-order valence-corrected chi connectivity index (χ3v) is 9.36. The minimum Gasteiger partial charge on any atom is -0.316 e. The molecule has 1 fully saturated rings. The summed E-state index contributed by atoms with van der Waals surface area (Å²) in [4.78, 5) is 18.2. The molecule has 1 amide bonds. The lowest BCUT2D eigenvalue weighted by atomic mass is 9.98. The first-order valence-electron chi connectivity index (χ1n) is 10.7. The van der Waals surface area contributed by atoms with Gasteiger partial charge in [-0.05, 0) is 68.0 Å². The molecule has 10 heteroatoms. The summed E-state index contributed by atoms with van der Waals surface area (Å²) in [6.45, 7) is 3.29. The smallest absolute Gasteiger partial charge is 0.251 e. The van der Waals surface area contributed by atoms with Gasteiger partial charge in [0.05, 0.1) is 15.1 Å². The summed E-state index contributed by atoms with van der Waals surface area (Å²) in [5.41, 5.74) is 2.24. The molecule has 0 atom stereocenters. The SMILES string of the molecule is CSCCn1c(=NC(=O)C2CCN(S(=O)(=O)c3ccc(F)cc3)CC2)sc2cc(C)ccc21. The maximum Gasteiger partial charge on any atom is 0.251 e. The molecule has 33 heavy (non-hydrogen) atoms. The van der Waals surface area contributed by atoms with Crippen LogP contribution in [0.5, 0.6) is 0 Å². The molecule has 0 radical (unpaired) electrons. The van der Waals surface area contributed by atoms with Gasteiger partial charge >= 0.3 is 0 Å². The normalized spacial score (nSPS) is 16.5. The van der Waals surface area contributed by atoms with Gasteiger partial charge < -0.3 is 4.57 Å². The molecule has 0 saturated carbocycles. The molecule has 0 N–H and O–H groups in total. The predicted octanol–water partition coefficient (Wildman–Crippen LogP) is 4.04. The number of amides is 1. The number of carbonyl (C=O) groups is 1. The number of benzene rings is 2. The summed E-state index contributed by atoms with van der Waals surface area (Å²) in [5.74, 6) is -0.0765. The van der Waals surface area contributed by atoms with E-state index in [-0.39, 0.29) is 29.8 Å². The number of rotatable bonds is 6. The average molecular weight is 508 g/mol. The summed E-state index contributed by atoms with van der Waals surface area (Å²) in [5, 5.41) is 0. The lowest BCUT2D eigenvalue weighted by Crippen LogP contribution is -2.40. The van der Waals surface area contributed by atoms with E-state index in [2.05, 4.69) is 34.0 Å². The second kappa shape index (κ2) is 10.1. The number of thiazole rings is 1. The van der Waals surface area contributed by atoms with Gasteiger partial charge in [0.15, 0.2) is 4.80 Å². The van der Waals surface area contributed by atoms with Crippen LogP contribution in [0.3, 0.4) is 0 Å². The van der Waals surface area contributed by atoms with Crippen LogP contribution in [-0.2, 0) is 21.4 Å². The number of thioether (sulfide) groups is 1. The first-order valence-corrected chi connectivity index (χ1v) is 14.4. The maximum atomic E-state index is 13.2. The molecule has 0 unspecified atom stereocenters. The molecule has 1 saturated heterocycles. The van der Waals surface area contributed by atoms with Crippen LogP contribution in [0.4, 0.5) is 4.39 Å². The zero-order valence-corrected chi connectivity index (χ0v) is 21.0. The maximum absolute atomic E-state index is 13.2. The summed E-state index contributed by atoms with van der Waals surface area (Å²) < 4.78 is 43.4. The standard InChI is InChI=1S/C23H26FN3O3S3/c1-16-3-8-20-21(15-16)32-23(27(20)13-14-31-2)25-22(28)17-9-11-26(12-10-17)33(29,30)19-6-4-18(24)5-7-19/h3-8,15,17H,9-14H2,1-2H3. The van der Waals surface area contributed by atoms with Crippen molar-refractivity contribution in [3.05, 3.63) is 58.6 Å². The van der Waals surface area contributed by atoms with E-state index in [0.29, 0.717) is 17.6 Å². The number of sulfonamides is 1. The minimum atomic E-state index is -3.70. The van der Waals surface area contributed by atoms with Gasteiger partial charge in [0, 0.05) is 31.3 Å². The molecule has 0 aliphatic carbocycles. The minimum absolute atomic E-state index is 0.0637. The van der Waals surface area contributed by atoms with Crippen molar-refractivity contribution in [1.29, 1.82) is 0 Å². The highest BCUT2D eigenvalue weighted by atomic mass is 32.2. The molecular formula is C23H26FN3O3S3. The summed E-state index contributed by atoms with van der Waals surface area (Å²) in [6.07, 6.45) is 2.88. The molecule has 4 rings (SSSR count). The number of halogens is 1.